The van der Waals surface area contributed by atoms with Crippen LogP contribution >= 0.6 is 0 Å². The third-order valence-corrected chi connectivity index (χ3v) is 6.83. The van der Waals surface area contributed by atoms with Crippen LogP contribution in [0.5, 0.6) is 5.75 Å². The maximum absolute atomic E-state index is 12.9. The average molecular weight is 386 g/mol. The van der Waals surface area contributed by atoms with E-state index in [9.17, 15) is 9.59 Å². The lowest BCUT2D eigenvalue weighted by molar-refractivity contribution is -0.144. The van der Waals surface area contributed by atoms with Crippen LogP contribution in [0.2, 0.25) is 0 Å². The van der Waals surface area contributed by atoms with Gasteiger partial charge in [-0.15, -0.1) is 0 Å². The first kappa shape index (κ1) is 19.2. The zero-order valence-corrected chi connectivity index (χ0v) is 16.8. The van der Waals surface area contributed by atoms with Gasteiger partial charge in [0.25, 0.3) is 0 Å². The number of anilines is 1. The van der Waals surface area contributed by atoms with Gasteiger partial charge in [0, 0.05) is 30.8 Å². The summed E-state index contributed by atoms with van der Waals surface area (Å²) in [6.07, 6.45) is 5.38. The molecule has 2 heterocycles. The van der Waals surface area contributed by atoms with Gasteiger partial charge < -0.3 is 19.7 Å². The number of hydrogen-bond donors (Lipinski definition) is 1. The van der Waals surface area contributed by atoms with Crippen LogP contribution in [0.25, 0.3) is 0 Å². The van der Waals surface area contributed by atoms with Crippen molar-refractivity contribution in [3.05, 3.63) is 23.8 Å². The summed E-state index contributed by atoms with van der Waals surface area (Å²) in [5.74, 6) is 1.23. The Morgan fingerprint density at radius 3 is 2.79 bits per heavy atom. The minimum atomic E-state index is -0.387. The number of likely N-dealkylation sites (tertiary alicyclic amines) is 1. The molecule has 0 bridgehead atoms. The number of nitrogens with one attached hydrogen (secondary N) is 1. The number of amides is 1. The number of nitrogens with zero attached hydrogens (tertiary/aromatic N) is 1. The van der Waals surface area contributed by atoms with Crippen molar-refractivity contribution in [3.8, 4) is 5.75 Å². The Labute approximate surface area is 166 Å². The van der Waals surface area contributed by atoms with Crippen molar-refractivity contribution in [1.29, 1.82) is 0 Å². The van der Waals surface area contributed by atoms with E-state index in [4.69, 9.17) is 9.47 Å². The van der Waals surface area contributed by atoms with Gasteiger partial charge in [-0.05, 0) is 63.1 Å². The van der Waals surface area contributed by atoms with E-state index >= 15 is 0 Å². The van der Waals surface area contributed by atoms with E-state index in [0.29, 0.717) is 25.0 Å². The molecule has 2 fully saturated rings. The Morgan fingerprint density at radius 2 is 2.07 bits per heavy atom. The van der Waals surface area contributed by atoms with E-state index in [0.717, 1.165) is 62.2 Å². The van der Waals surface area contributed by atoms with E-state index in [1.54, 1.807) is 7.11 Å². The summed E-state index contributed by atoms with van der Waals surface area (Å²) in [5, 5.41) is 3.07. The molecule has 1 saturated carbocycles. The highest BCUT2D eigenvalue weighted by molar-refractivity contribution is 6.06. The summed E-state index contributed by atoms with van der Waals surface area (Å²) in [5.41, 5.74) is 1.64. The number of fused-ring (bicyclic) bond motifs is 2. The highest BCUT2D eigenvalue weighted by Gasteiger charge is 2.49. The number of methoxy groups -OCH3 is 1. The molecule has 1 aromatic rings. The number of ether oxygens (including phenoxy) is 2. The summed E-state index contributed by atoms with van der Waals surface area (Å²) in [6.45, 7) is 4.32. The fourth-order valence-electron chi connectivity index (χ4n) is 5.31. The summed E-state index contributed by atoms with van der Waals surface area (Å²) in [4.78, 5) is 27.1. The van der Waals surface area contributed by atoms with E-state index in [-0.39, 0.29) is 17.3 Å². The molecule has 0 aromatic heterocycles. The van der Waals surface area contributed by atoms with Crippen molar-refractivity contribution in [2.75, 3.05) is 32.1 Å². The van der Waals surface area contributed by atoms with E-state index in [2.05, 4.69) is 16.3 Å². The van der Waals surface area contributed by atoms with Gasteiger partial charge in [0.1, 0.15) is 5.75 Å². The lowest BCUT2D eigenvalue weighted by Gasteiger charge is -2.39. The third-order valence-electron chi connectivity index (χ3n) is 6.83. The van der Waals surface area contributed by atoms with Gasteiger partial charge in [0.05, 0.1) is 19.1 Å². The van der Waals surface area contributed by atoms with Crippen molar-refractivity contribution in [2.45, 2.75) is 56.9 Å². The lowest BCUT2D eigenvalue weighted by Crippen LogP contribution is -2.44. The van der Waals surface area contributed by atoms with Crippen LogP contribution in [0.3, 0.4) is 0 Å². The van der Waals surface area contributed by atoms with Crippen LogP contribution in [0.4, 0.5) is 5.69 Å². The molecule has 6 heteroatoms. The van der Waals surface area contributed by atoms with E-state index in [1.807, 2.05) is 19.1 Å². The van der Waals surface area contributed by atoms with Gasteiger partial charge in [-0.25, -0.2) is 0 Å². The Morgan fingerprint density at radius 1 is 1.29 bits per heavy atom. The monoisotopic (exact) mass is 386 g/mol. The maximum atomic E-state index is 12.9. The SMILES string of the molecule is CCOC(=O)C[C@H]1CCN(C2CCC3(CC2)C(=O)Nc2cc(OC)ccc23)C1. The topological polar surface area (TPSA) is 67.9 Å². The molecule has 0 radical (unpaired) electrons. The summed E-state index contributed by atoms with van der Waals surface area (Å²) < 4.78 is 10.4. The Bertz CT molecular complexity index is 755. The van der Waals surface area contributed by atoms with Gasteiger partial charge in [-0.2, -0.15) is 0 Å². The molecule has 6 nitrogen and oxygen atoms in total. The molecule has 0 unspecified atom stereocenters. The molecule has 152 valence electrons. The Balaban J connectivity index is 1.38. The van der Waals surface area contributed by atoms with Gasteiger partial charge >= 0.3 is 5.97 Å². The second-order valence-corrected chi connectivity index (χ2v) is 8.34. The first-order chi connectivity index (χ1) is 13.6. The molecule has 1 saturated heterocycles. The highest BCUT2D eigenvalue weighted by atomic mass is 16.5. The third kappa shape index (κ3) is 3.39. The van der Waals surface area contributed by atoms with Crippen LogP contribution < -0.4 is 10.1 Å². The predicted molar refractivity (Wildman–Crippen MR) is 106 cm³/mol. The minimum Gasteiger partial charge on any atom is -0.497 e. The number of carbonyl (C=O) groups is 2. The lowest BCUT2D eigenvalue weighted by atomic mass is 9.68. The van der Waals surface area contributed by atoms with Gasteiger partial charge in [-0.3, -0.25) is 9.59 Å². The summed E-state index contributed by atoms with van der Waals surface area (Å²) >= 11 is 0. The number of hydrogen-bond acceptors (Lipinski definition) is 5. The standard InChI is InChI=1S/C22H30N2O4/c1-3-28-20(25)12-15-8-11-24(14-15)16-6-9-22(10-7-16)18-5-4-17(27-2)13-19(18)23-21(22)26/h4-5,13,15-16H,3,6-12,14H2,1-2H3,(H,23,26)/t15-,16?,22?/m1/s1. The highest BCUT2D eigenvalue weighted by Crippen LogP contribution is 2.49. The second kappa shape index (κ2) is 7.74. The van der Waals surface area contributed by atoms with Crippen LogP contribution in [0.1, 0.15) is 51.0 Å². The molecular formula is C22H30N2O4. The number of benzene rings is 1. The molecular weight excluding hydrogens is 356 g/mol. The van der Waals surface area contributed by atoms with Gasteiger partial charge in [0.15, 0.2) is 0 Å². The van der Waals surface area contributed by atoms with E-state index < -0.39 is 0 Å². The first-order valence-corrected chi connectivity index (χ1v) is 10.5. The molecule has 4 rings (SSSR count). The largest absolute Gasteiger partial charge is 0.497 e. The fourth-order valence-corrected chi connectivity index (χ4v) is 5.31. The normalized spacial score (nSPS) is 29.6. The molecule has 2 aliphatic heterocycles. The van der Waals surface area contributed by atoms with Crippen LogP contribution in [-0.2, 0) is 19.7 Å². The van der Waals surface area contributed by atoms with Crippen molar-refractivity contribution in [1.82, 2.24) is 4.90 Å². The average Bonchev–Trinajstić information content (AvgIpc) is 3.25. The fraction of sp³-hybridized carbons (Fsp3) is 0.636. The Hall–Kier alpha value is -2.08. The smallest absolute Gasteiger partial charge is 0.306 e. The predicted octanol–water partition coefficient (Wildman–Crippen LogP) is 3.10. The second-order valence-electron chi connectivity index (χ2n) is 8.34. The Kier molecular flexibility index (Phi) is 5.32. The van der Waals surface area contributed by atoms with Crippen molar-refractivity contribution >= 4 is 17.6 Å². The molecule has 3 aliphatic rings. The number of esters is 1. The zero-order valence-electron chi connectivity index (χ0n) is 16.8. The minimum absolute atomic E-state index is 0.0772. The zero-order chi connectivity index (χ0) is 19.7. The number of rotatable bonds is 5. The summed E-state index contributed by atoms with van der Waals surface area (Å²) in [7, 11) is 1.64. The van der Waals surface area contributed by atoms with Crippen LogP contribution in [0.15, 0.2) is 18.2 Å². The molecule has 1 aliphatic carbocycles. The van der Waals surface area contributed by atoms with E-state index in [1.165, 1.54) is 0 Å². The molecule has 1 amide bonds. The van der Waals surface area contributed by atoms with Crippen molar-refractivity contribution < 1.29 is 19.1 Å². The molecule has 1 spiro atoms. The molecule has 1 aromatic carbocycles. The molecule has 1 N–H and O–H groups in total. The molecule has 28 heavy (non-hydrogen) atoms. The quantitative estimate of drug-likeness (QED) is 0.788. The van der Waals surface area contributed by atoms with Crippen molar-refractivity contribution in [2.24, 2.45) is 5.92 Å². The van der Waals surface area contributed by atoms with Gasteiger partial charge in [-0.1, -0.05) is 6.07 Å². The molecule has 1 atom stereocenters. The maximum Gasteiger partial charge on any atom is 0.306 e. The van der Waals surface area contributed by atoms with Crippen molar-refractivity contribution in [3.63, 3.8) is 0 Å². The number of carbonyl (C=O) groups excluding carboxylic acids is 2. The van der Waals surface area contributed by atoms with Gasteiger partial charge in [0.2, 0.25) is 5.91 Å². The first-order valence-electron chi connectivity index (χ1n) is 10.5. The summed E-state index contributed by atoms with van der Waals surface area (Å²) in [6, 6.07) is 6.44. The van der Waals surface area contributed by atoms with Crippen LogP contribution in [0, 0.1) is 5.92 Å². The van der Waals surface area contributed by atoms with Crippen LogP contribution in [-0.4, -0.2) is 49.6 Å².